The van der Waals surface area contributed by atoms with Gasteiger partial charge in [0, 0.05) is 18.8 Å². The molecule has 2 aromatic rings. The molecular formula is C17H22N2O. The number of benzene rings is 1. The lowest BCUT2D eigenvalue weighted by molar-refractivity contribution is 0.552. The second kappa shape index (κ2) is 7.06. The normalized spacial score (nSPS) is 10.9. The maximum atomic E-state index is 11.6. The van der Waals surface area contributed by atoms with Gasteiger partial charge >= 0.3 is 0 Å². The second-order valence-corrected chi connectivity index (χ2v) is 5.51. The molecule has 3 nitrogen and oxygen atoms in total. The van der Waals surface area contributed by atoms with Crippen LogP contribution in [0.4, 0.5) is 0 Å². The highest BCUT2D eigenvalue weighted by molar-refractivity contribution is 5.22. The zero-order valence-corrected chi connectivity index (χ0v) is 12.2. The average Bonchev–Trinajstić information content (AvgIpc) is 2.43. The van der Waals surface area contributed by atoms with Gasteiger partial charge in [0.1, 0.15) is 0 Å². The molecule has 0 aliphatic heterocycles. The van der Waals surface area contributed by atoms with E-state index in [9.17, 15) is 4.79 Å². The minimum atomic E-state index is 0.0372. The first-order chi connectivity index (χ1) is 9.65. The van der Waals surface area contributed by atoms with E-state index in [1.165, 1.54) is 5.56 Å². The third kappa shape index (κ3) is 4.35. The van der Waals surface area contributed by atoms with Crippen LogP contribution in [0.25, 0.3) is 0 Å². The number of hydrogen-bond acceptors (Lipinski definition) is 2. The van der Waals surface area contributed by atoms with E-state index in [1.54, 1.807) is 16.7 Å². The molecule has 1 N–H and O–H groups in total. The molecule has 0 saturated carbocycles. The summed E-state index contributed by atoms with van der Waals surface area (Å²) in [5.41, 5.74) is 2.45. The van der Waals surface area contributed by atoms with Crippen molar-refractivity contribution in [2.75, 3.05) is 6.54 Å². The van der Waals surface area contributed by atoms with Crippen LogP contribution in [-0.4, -0.2) is 11.1 Å². The minimum absolute atomic E-state index is 0.0372. The van der Waals surface area contributed by atoms with E-state index in [-0.39, 0.29) is 5.56 Å². The largest absolute Gasteiger partial charge is 0.312 e. The summed E-state index contributed by atoms with van der Waals surface area (Å²) in [6, 6.07) is 13.7. The molecule has 0 aliphatic carbocycles. The predicted molar refractivity (Wildman–Crippen MR) is 82.8 cm³/mol. The maximum absolute atomic E-state index is 11.6. The summed E-state index contributed by atoms with van der Waals surface area (Å²) in [5, 5.41) is 3.42. The van der Waals surface area contributed by atoms with Gasteiger partial charge in [-0.15, -0.1) is 0 Å². The molecule has 0 atom stereocenters. The van der Waals surface area contributed by atoms with Crippen LogP contribution in [0.3, 0.4) is 0 Å². The Labute approximate surface area is 120 Å². The number of rotatable bonds is 6. The molecule has 0 fully saturated rings. The first kappa shape index (κ1) is 14.5. The summed E-state index contributed by atoms with van der Waals surface area (Å²) in [5.74, 6) is 0.666. The molecule has 2 rings (SSSR count). The molecule has 1 aromatic carbocycles. The Morgan fingerprint density at radius 2 is 1.75 bits per heavy atom. The van der Waals surface area contributed by atoms with E-state index in [0.717, 1.165) is 18.7 Å². The molecule has 0 radical (unpaired) electrons. The highest BCUT2D eigenvalue weighted by Gasteiger charge is 1.99. The summed E-state index contributed by atoms with van der Waals surface area (Å²) in [6.45, 7) is 6.95. The molecule has 1 heterocycles. The molecule has 20 heavy (non-hydrogen) atoms. The Bertz CT molecular complexity index is 584. The fraction of sp³-hybridized carbons (Fsp3) is 0.353. The van der Waals surface area contributed by atoms with Crippen molar-refractivity contribution in [1.29, 1.82) is 0 Å². The van der Waals surface area contributed by atoms with Crippen LogP contribution in [0.5, 0.6) is 0 Å². The van der Waals surface area contributed by atoms with Gasteiger partial charge in [-0.2, -0.15) is 0 Å². The van der Waals surface area contributed by atoms with Crippen molar-refractivity contribution >= 4 is 0 Å². The first-order valence-electron chi connectivity index (χ1n) is 7.09. The average molecular weight is 270 g/mol. The van der Waals surface area contributed by atoms with Gasteiger partial charge in [-0.25, -0.2) is 0 Å². The summed E-state index contributed by atoms with van der Waals surface area (Å²) in [7, 11) is 0. The lowest BCUT2D eigenvalue weighted by Crippen LogP contribution is -2.19. The standard InChI is InChI=1S/C17H22N2O/c1-14(2)11-18-12-15-6-8-16(9-7-15)13-19-10-4-3-5-17(19)20/h3-10,14,18H,11-13H2,1-2H3. The summed E-state index contributed by atoms with van der Waals surface area (Å²) >= 11 is 0. The monoisotopic (exact) mass is 270 g/mol. The molecule has 1 aromatic heterocycles. The van der Waals surface area contributed by atoms with Crippen molar-refractivity contribution < 1.29 is 0 Å². The van der Waals surface area contributed by atoms with Crippen molar-refractivity contribution in [3.63, 3.8) is 0 Å². The van der Waals surface area contributed by atoms with E-state index in [4.69, 9.17) is 0 Å². The van der Waals surface area contributed by atoms with Crippen LogP contribution in [-0.2, 0) is 13.1 Å². The number of aromatic nitrogens is 1. The summed E-state index contributed by atoms with van der Waals surface area (Å²) in [4.78, 5) is 11.6. The zero-order chi connectivity index (χ0) is 14.4. The zero-order valence-electron chi connectivity index (χ0n) is 12.2. The van der Waals surface area contributed by atoms with E-state index in [1.807, 2.05) is 12.3 Å². The smallest absolute Gasteiger partial charge is 0.250 e. The van der Waals surface area contributed by atoms with Gasteiger partial charge in [-0.1, -0.05) is 44.2 Å². The Kier molecular flexibility index (Phi) is 5.13. The van der Waals surface area contributed by atoms with Crippen molar-refractivity contribution in [3.8, 4) is 0 Å². The molecule has 0 amide bonds. The molecule has 106 valence electrons. The summed E-state index contributed by atoms with van der Waals surface area (Å²) < 4.78 is 1.71. The van der Waals surface area contributed by atoms with Gasteiger partial charge in [0.05, 0.1) is 6.54 Å². The third-order valence-electron chi connectivity index (χ3n) is 3.16. The van der Waals surface area contributed by atoms with E-state index in [0.29, 0.717) is 12.5 Å². The molecule has 0 saturated heterocycles. The molecule has 3 heteroatoms. The van der Waals surface area contributed by atoms with Crippen molar-refractivity contribution in [2.45, 2.75) is 26.9 Å². The fourth-order valence-electron chi connectivity index (χ4n) is 2.06. The lowest BCUT2D eigenvalue weighted by atomic mass is 10.1. The van der Waals surface area contributed by atoms with Crippen LogP contribution in [0.1, 0.15) is 25.0 Å². The fourth-order valence-corrected chi connectivity index (χ4v) is 2.06. The van der Waals surface area contributed by atoms with Gasteiger partial charge in [0.15, 0.2) is 0 Å². The van der Waals surface area contributed by atoms with Crippen molar-refractivity contribution in [1.82, 2.24) is 9.88 Å². The van der Waals surface area contributed by atoms with E-state index in [2.05, 4.69) is 43.4 Å². The minimum Gasteiger partial charge on any atom is -0.312 e. The Balaban J connectivity index is 1.95. The van der Waals surface area contributed by atoms with Crippen LogP contribution in [0, 0.1) is 5.92 Å². The van der Waals surface area contributed by atoms with Crippen LogP contribution in [0.2, 0.25) is 0 Å². The summed E-state index contributed by atoms with van der Waals surface area (Å²) in [6.07, 6.45) is 1.82. The number of hydrogen-bond donors (Lipinski definition) is 1. The van der Waals surface area contributed by atoms with Crippen LogP contribution < -0.4 is 10.9 Å². The third-order valence-corrected chi connectivity index (χ3v) is 3.16. The highest BCUT2D eigenvalue weighted by atomic mass is 16.1. The van der Waals surface area contributed by atoms with Crippen LogP contribution >= 0.6 is 0 Å². The number of nitrogens with one attached hydrogen (secondary N) is 1. The van der Waals surface area contributed by atoms with Gasteiger partial charge in [-0.3, -0.25) is 4.79 Å². The van der Waals surface area contributed by atoms with E-state index < -0.39 is 0 Å². The second-order valence-electron chi connectivity index (χ2n) is 5.51. The van der Waals surface area contributed by atoms with E-state index >= 15 is 0 Å². The Hall–Kier alpha value is -1.87. The molecule has 0 unspecified atom stereocenters. The highest BCUT2D eigenvalue weighted by Crippen LogP contribution is 2.06. The van der Waals surface area contributed by atoms with Crippen LogP contribution in [0.15, 0.2) is 53.5 Å². The molecular weight excluding hydrogens is 248 g/mol. The van der Waals surface area contributed by atoms with Gasteiger partial charge < -0.3 is 9.88 Å². The lowest BCUT2D eigenvalue weighted by Gasteiger charge is -2.09. The molecule has 0 spiro atoms. The van der Waals surface area contributed by atoms with Gasteiger partial charge in [-0.05, 0) is 29.7 Å². The topological polar surface area (TPSA) is 34.0 Å². The molecule has 0 bridgehead atoms. The first-order valence-corrected chi connectivity index (χ1v) is 7.09. The van der Waals surface area contributed by atoms with Crippen molar-refractivity contribution in [2.24, 2.45) is 5.92 Å². The van der Waals surface area contributed by atoms with Crippen molar-refractivity contribution in [3.05, 3.63) is 70.1 Å². The SMILES string of the molecule is CC(C)CNCc1ccc(Cn2ccccc2=O)cc1. The van der Waals surface area contributed by atoms with Gasteiger partial charge in [0.25, 0.3) is 5.56 Å². The number of nitrogens with zero attached hydrogens (tertiary/aromatic N) is 1. The Morgan fingerprint density at radius 3 is 2.40 bits per heavy atom. The number of pyridine rings is 1. The Morgan fingerprint density at radius 1 is 1.05 bits per heavy atom. The quantitative estimate of drug-likeness (QED) is 0.875. The van der Waals surface area contributed by atoms with Gasteiger partial charge in [0.2, 0.25) is 0 Å². The predicted octanol–water partition coefficient (Wildman–Crippen LogP) is 2.64. The maximum Gasteiger partial charge on any atom is 0.250 e. The molecule has 0 aliphatic rings.